The van der Waals surface area contributed by atoms with Crippen molar-refractivity contribution >= 4 is 38.6 Å². The number of para-hydroxylation sites is 2. The number of nitro groups is 1. The fourth-order valence-corrected chi connectivity index (χ4v) is 3.61. The first-order valence-corrected chi connectivity index (χ1v) is 9.90. The van der Waals surface area contributed by atoms with Gasteiger partial charge in [-0.25, -0.2) is 4.98 Å². The third-order valence-electron chi connectivity index (χ3n) is 4.28. The summed E-state index contributed by atoms with van der Waals surface area (Å²) in [6.45, 7) is 0. The number of aromatic nitrogens is 1. The summed E-state index contributed by atoms with van der Waals surface area (Å²) in [5, 5.41) is 16.0. The van der Waals surface area contributed by atoms with E-state index in [1.54, 1.807) is 18.2 Å². The van der Waals surface area contributed by atoms with E-state index in [4.69, 9.17) is 4.74 Å². The second-order valence-corrected chi connectivity index (χ2v) is 7.46. The second-order valence-electron chi connectivity index (χ2n) is 6.43. The predicted molar refractivity (Wildman–Crippen MR) is 115 cm³/mol. The molecule has 0 aliphatic rings. The predicted octanol–water partition coefficient (Wildman–Crippen LogP) is 6.46. The average molecular weight is 458 g/mol. The summed E-state index contributed by atoms with van der Waals surface area (Å²) in [7, 11) is 0. The molecule has 1 aromatic heterocycles. The maximum absolute atomic E-state index is 12.9. The summed E-state index contributed by atoms with van der Waals surface area (Å²) in [5.74, 6) is -0.131. The van der Waals surface area contributed by atoms with Gasteiger partial charge >= 0.3 is 11.9 Å². The third-order valence-corrected chi connectivity index (χ3v) is 5.22. The Morgan fingerprint density at radius 1 is 1.06 bits per heavy atom. The lowest BCUT2D eigenvalue weighted by Gasteiger charge is -2.11. The molecule has 7 nitrogen and oxygen atoms in total. The van der Waals surface area contributed by atoms with Gasteiger partial charge in [-0.05, 0) is 36.4 Å². The second kappa shape index (κ2) is 8.63. The van der Waals surface area contributed by atoms with E-state index in [0.717, 1.165) is 22.3 Å². The minimum absolute atomic E-state index is 0.185. The Labute approximate surface area is 182 Å². The molecular weight excluding hydrogens is 445 g/mol. The van der Waals surface area contributed by atoms with Crippen LogP contribution in [0.1, 0.15) is 11.1 Å². The van der Waals surface area contributed by atoms with Gasteiger partial charge < -0.3 is 4.74 Å². The van der Waals surface area contributed by atoms with Gasteiger partial charge in [0.2, 0.25) is 10.9 Å². The summed E-state index contributed by atoms with van der Waals surface area (Å²) < 4.78 is 45.3. The molecule has 1 heterocycles. The summed E-state index contributed by atoms with van der Waals surface area (Å²) in [6.07, 6.45) is -3.28. The number of hydrogen-bond donors (Lipinski definition) is 1. The Kier molecular flexibility index (Phi) is 5.73. The van der Waals surface area contributed by atoms with Gasteiger partial charge in [0.1, 0.15) is 5.75 Å². The number of benzene rings is 3. The van der Waals surface area contributed by atoms with E-state index in [9.17, 15) is 23.3 Å². The number of nitrogens with one attached hydrogen (secondary N) is 1. The van der Waals surface area contributed by atoms with Crippen molar-refractivity contribution in [3.8, 4) is 11.5 Å². The minimum atomic E-state index is -4.71. The van der Waals surface area contributed by atoms with Crippen LogP contribution in [0, 0.1) is 10.1 Å². The molecule has 0 bridgehead atoms. The van der Waals surface area contributed by atoms with Crippen molar-refractivity contribution in [3.05, 3.63) is 88.0 Å². The van der Waals surface area contributed by atoms with Crippen LogP contribution in [0.5, 0.6) is 11.5 Å². The number of anilines is 1. The molecule has 0 unspecified atom stereocenters. The molecule has 0 aliphatic heterocycles. The van der Waals surface area contributed by atoms with Crippen LogP contribution in [0.25, 0.3) is 10.2 Å². The highest BCUT2D eigenvalue weighted by atomic mass is 32.1. The fourth-order valence-electron chi connectivity index (χ4n) is 2.80. The number of alkyl halides is 3. The number of nitro benzene ring substituents is 1. The van der Waals surface area contributed by atoms with E-state index in [1.807, 2.05) is 24.3 Å². The summed E-state index contributed by atoms with van der Waals surface area (Å²) in [6, 6.07) is 16.2. The highest BCUT2D eigenvalue weighted by Crippen LogP contribution is 2.38. The van der Waals surface area contributed by atoms with Crippen molar-refractivity contribution < 1.29 is 22.8 Å². The lowest BCUT2D eigenvalue weighted by molar-refractivity contribution is -0.385. The molecule has 0 amide bonds. The van der Waals surface area contributed by atoms with E-state index in [0.29, 0.717) is 16.8 Å². The van der Waals surface area contributed by atoms with Crippen LogP contribution >= 0.6 is 11.3 Å². The molecule has 0 radical (unpaired) electrons. The van der Waals surface area contributed by atoms with Crippen molar-refractivity contribution in [1.29, 1.82) is 0 Å². The van der Waals surface area contributed by atoms with Crippen molar-refractivity contribution in [3.63, 3.8) is 0 Å². The van der Waals surface area contributed by atoms with Gasteiger partial charge in [0.15, 0.2) is 0 Å². The van der Waals surface area contributed by atoms with Crippen LogP contribution in [0.15, 0.2) is 71.8 Å². The SMILES string of the molecule is O=[N+]([O-])c1cc(C(F)(F)F)ccc1Oc1ccccc1C=NNc1nc2ccccc2s1. The van der Waals surface area contributed by atoms with Crippen molar-refractivity contribution in [2.75, 3.05) is 5.43 Å². The Hall–Kier alpha value is -3.99. The maximum Gasteiger partial charge on any atom is 0.416 e. The molecule has 0 spiro atoms. The third kappa shape index (κ3) is 4.67. The van der Waals surface area contributed by atoms with Gasteiger partial charge in [-0.15, -0.1) is 0 Å². The molecule has 3 aromatic carbocycles. The minimum Gasteiger partial charge on any atom is -0.449 e. The number of fused-ring (bicyclic) bond motifs is 1. The van der Waals surface area contributed by atoms with Gasteiger partial charge in [-0.1, -0.05) is 35.6 Å². The highest BCUT2D eigenvalue weighted by Gasteiger charge is 2.33. The number of hydrazone groups is 1. The summed E-state index contributed by atoms with van der Waals surface area (Å²) in [4.78, 5) is 14.8. The van der Waals surface area contributed by atoms with E-state index in [-0.39, 0.29) is 11.5 Å². The first kappa shape index (κ1) is 21.2. The van der Waals surface area contributed by atoms with Gasteiger partial charge in [-0.3, -0.25) is 15.5 Å². The molecule has 0 aliphatic carbocycles. The van der Waals surface area contributed by atoms with Crippen molar-refractivity contribution in [1.82, 2.24) is 4.98 Å². The van der Waals surface area contributed by atoms with Crippen LogP contribution in [0.4, 0.5) is 24.0 Å². The van der Waals surface area contributed by atoms with E-state index in [2.05, 4.69) is 15.5 Å². The summed E-state index contributed by atoms with van der Waals surface area (Å²) >= 11 is 1.41. The van der Waals surface area contributed by atoms with Crippen molar-refractivity contribution in [2.45, 2.75) is 6.18 Å². The maximum atomic E-state index is 12.9. The Bertz CT molecular complexity index is 1290. The van der Waals surface area contributed by atoms with Crippen LogP contribution in [0.2, 0.25) is 0 Å². The Balaban J connectivity index is 1.57. The van der Waals surface area contributed by atoms with Crippen LogP contribution in [-0.2, 0) is 6.18 Å². The zero-order valence-corrected chi connectivity index (χ0v) is 16.9. The van der Waals surface area contributed by atoms with E-state index < -0.39 is 22.4 Å². The first-order chi connectivity index (χ1) is 15.3. The number of ether oxygens (including phenoxy) is 1. The van der Waals surface area contributed by atoms with Gasteiger partial charge in [0, 0.05) is 11.6 Å². The zero-order valence-electron chi connectivity index (χ0n) is 16.0. The molecule has 0 fully saturated rings. The average Bonchev–Trinajstić information content (AvgIpc) is 3.17. The highest BCUT2D eigenvalue weighted by molar-refractivity contribution is 7.22. The lowest BCUT2D eigenvalue weighted by atomic mass is 10.1. The molecule has 11 heteroatoms. The Morgan fingerprint density at radius 2 is 1.81 bits per heavy atom. The molecule has 1 N–H and O–H groups in total. The quantitative estimate of drug-likeness (QED) is 0.203. The number of rotatable bonds is 6. The zero-order chi connectivity index (χ0) is 22.7. The van der Waals surface area contributed by atoms with Crippen molar-refractivity contribution in [2.24, 2.45) is 5.10 Å². The van der Waals surface area contributed by atoms with E-state index in [1.165, 1.54) is 23.6 Å². The lowest BCUT2D eigenvalue weighted by Crippen LogP contribution is -2.06. The van der Waals surface area contributed by atoms with Gasteiger partial charge in [0.25, 0.3) is 0 Å². The van der Waals surface area contributed by atoms with Gasteiger partial charge in [0.05, 0.1) is 26.9 Å². The fraction of sp³-hybridized carbons (Fsp3) is 0.0476. The molecule has 0 saturated heterocycles. The number of halogens is 3. The molecule has 0 saturated carbocycles. The molecule has 162 valence electrons. The molecular formula is C21H13F3N4O3S. The first-order valence-electron chi connectivity index (χ1n) is 9.08. The Morgan fingerprint density at radius 3 is 2.56 bits per heavy atom. The molecule has 4 rings (SSSR count). The normalized spacial score (nSPS) is 11.7. The van der Waals surface area contributed by atoms with Gasteiger partial charge in [-0.2, -0.15) is 18.3 Å². The largest absolute Gasteiger partial charge is 0.449 e. The van der Waals surface area contributed by atoms with Crippen LogP contribution < -0.4 is 10.2 Å². The number of hydrogen-bond acceptors (Lipinski definition) is 7. The molecule has 32 heavy (non-hydrogen) atoms. The van der Waals surface area contributed by atoms with Crippen LogP contribution in [-0.4, -0.2) is 16.1 Å². The molecule has 4 aromatic rings. The standard InChI is InChI=1S/C21H13F3N4O3S/c22-21(23,24)14-9-10-18(16(11-14)28(29)30)31-17-7-3-1-5-13(17)12-25-27-20-26-15-6-2-4-8-19(15)32-20/h1-12H,(H,26,27). The van der Waals surface area contributed by atoms with Crippen LogP contribution in [0.3, 0.4) is 0 Å². The monoisotopic (exact) mass is 458 g/mol. The van der Waals surface area contributed by atoms with E-state index >= 15 is 0 Å². The number of thiazole rings is 1. The smallest absolute Gasteiger partial charge is 0.416 e. The number of nitrogens with zero attached hydrogens (tertiary/aromatic N) is 3. The topological polar surface area (TPSA) is 89.7 Å². The molecule has 0 atom stereocenters. The summed E-state index contributed by atoms with van der Waals surface area (Å²) in [5.41, 5.74) is 2.17.